The van der Waals surface area contributed by atoms with Crippen molar-refractivity contribution in [3.8, 4) is 0 Å². The van der Waals surface area contributed by atoms with E-state index in [0.717, 1.165) is 30.6 Å². The van der Waals surface area contributed by atoms with Gasteiger partial charge in [0.15, 0.2) is 5.82 Å². The second kappa shape index (κ2) is 4.95. The van der Waals surface area contributed by atoms with E-state index in [-0.39, 0.29) is 28.6 Å². The highest BCUT2D eigenvalue weighted by molar-refractivity contribution is 6.18. The third kappa shape index (κ3) is 2.30. The number of carbonyl (C=O) groups excluding carboxylic acids is 2. The van der Waals surface area contributed by atoms with Crippen LogP contribution in [-0.2, 0) is 9.59 Å². The van der Waals surface area contributed by atoms with Crippen molar-refractivity contribution in [1.82, 2.24) is 4.98 Å². The highest BCUT2D eigenvalue weighted by Crippen LogP contribution is 2.47. The van der Waals surface area contributed by atoms with E-state index in [1.54, 1.807) is 0 Å². The number of carboxylic acid groups (broad SMARTS) is 1. The Morgan fingerprint density at radius 3 is 2.38 bits per heavy atom. The third-order valence-electron chi connectivity index (χ3n) is 4.44. The molecule has 0 radical (unpaired) electrons. The largest absolute Gasteiger partial charge is 0.478 e. The molecule has 1 aliphatic carbocycles. The molecule has 1 spiro atoms. The van der Waals surface area contributed by atoms with Crippen molar-refractivity contribution in [1.29, 1.82) is 0 Å². The van der Waals surface area contributed by atoms with Crippen LogP contribution in [0.1, 0.15) is 48.9 Å². The maximum atomic E-state index is 12.4. The standard InChI is InChI=1S/C15H16N2O4/c18-11-8-15(5-1-2-6-15)9-12(19)17(11)13-10(14(20)21)4-3-7-16-13/h3-4,7H,1-2,5-6,8-9H2,(H,20,21). The van der Waals surface area contributed by atoms with Crippen LogP contribution in [0.15, 0.2) is 18.3 Å². The van der Waals surface area contributed by atoms with Crippen molar-refractivity contribution in [2.24, 2.45) is 5.41 Å². The fraction of sp³-hybridized carbons (Fsp3) is 0.467. The maximum absolute atomic E-state index is 12.4. The van der Waals surface area contributed by atoms with Gasteiger partial charge in [-0.3, -0.25) is 9.59 Å². The van der Waals surface area contributed by atoms with E-state index in [0.29, 0.717) is 12.8 Å². The molecule has 2 aliphatic rings. The fourth-order valence-electron chi connectivity index (χ4n) is 3.46. The number of carboxylic acids is 1. The van der Waals surface area contributed by atoms with Crippen molar-refractivity contribution in [2.75, 3.05) is 4.90 Å². The molecule has 0 unspecified atom stereocenters. The Morgan fingerprint density at radius 2 is 1.81 bits per heavy atom. The Hall–Kier alpha value is -2.24. The van der Waals surface area contributed by atoms with Gasteiger partial charge < -0.3 is 5.11 Å². The Kier molecular flexibility index (Phi) is 3.23. The quantitative estimate of drug-likeness (QED) is 0.841. The van der Waals surface area contributed by atoms with Crippen LogP contribution >= 0.6 is 0 Å². The molecule has 2 heterocycles. The van der Waals surface area contributed by atoms with E-state index in [9.17, 15) is 19.5 Å². The van der Waals surface area contributed by atoms with E-state index < -0.39 is 5.97 Å². The Balaban J connectivity index is 1.95. The molecule has 1 saturated heterocycles. The monoisotopic (exact) mass is 288 g/mol. The van der Waals surface area contributed by atoms with Gasteiger partial charge in [0.05, 0.1) is 0 Å². The second-order valence-corrected chi connectivity index (χ2v) is 5.86. The van der Waals surface area contributed by atoms with Gasteiger partial charge in [-0.1, -0.05) is 12.8 Å². The molecule has 1 N–H and O–H groups in total. The molecular weight excluding hydrogens is 272 g/mol. The van der Waals surface area contributed by atoms with Crippen LogP contribution in [0.2, 0.25) is 0 Å². The summed E-state index contributed by atoms with van der Waals surface area (Å²) in [4.78, 5) is 41.0. The zero-order chi connectivity index (χ0) is 15.0. The lowest BCUT2D eigenvalue weighted by Gasteiger charge is -2.36. The van der Waals surface area contributed by atoms with Crippen molar-refractivity contribution >= 4 is 23.6 Å². The number of piperidine rings is 1. The number of hydrogen-bond acceptors (Lipinski definition) is 4. The normalized spacial score (nSPS) is 21.0. The van der Waals surface area contributed by atoms with Crippen LogP contribution in [0.25, 0.3) is 0 Å². The van der Waals surface area contributed by atoms with Crippen LogP contribution in [0.5, 0.6) is 0 Å². The minimum absolute atomic E-state index is 0.0622. The first-order chi connectivity index (χ1) is 10.0. The smallest absolute Gasteiger partial charge is 0.339 e. The lowest BCUT2D eigenvalue weighted by molar-refractivity contribution is -0.133. The van der Waals surface area contributed by atoms with Gasteiger partial charge in [0.25, 0.3) is 0 Å². The van der Waals surface area contributed by atoms with Gasteiger partial charge in [-0.05, 0) is 30.4 Å². The molecule has 6 nitrogen and oxygen atoms in total. The maximum Gasteiger partial charge on any atom is 0.339 e. The molecule has 1 aromatic heterocycles. The fourth-order valence-corrected chi connectivity index (χ4v) is 3.46. The van der Waals surface area contributed by atoms with Crippen molar-refractivity contribution < 1.29 is 19.5 Å². The van der Waals surface area contributed by atoms with Crippen LogP contribution in [0, 0.1) is 5.41 Å². The number of pyridine rings is 1. The average Bonchev–Trinajstić information content (AvgIpc) is 2.86. The third-order valence-corrected chi connectivity index (χ3v) is 4.44. The number of aromatic carboxylic acids is 1. The molecule has 0 bridgehead atoms. The number of hydrogen-bond donors (Lipinski definition) is 1. The minimum Gasteiger partial charge on any atom is -0.478 e. The zero-order valence-corrected chi connectivity index (χ0v) is 11.5. The predicted molar refractivity (Wildman–Crippen MR) is 73.8 cm³/mol. The number of amides is 2. The summed E-state index contributed by atoms with van der Waals surface area (Å²) in [6.45, 7) is 0. The summed E-state index contributed by atoms with van der Waals surface area (Å²) >= 11 is 0. The Morgan fingerprint density at radius 1 is 1.19 bits per heavy atom. The summed E-state index contributed by atoms with van der Waals surface area (Å²) in [5.74, 6) is -1.93. The van der Waals surface area contributed by atoms with Crippen molar-refractivity contribution in [2.45, 2.75) is 38.5 Å². The molecule has 0 atom stereocenters. The molecule has 6 heteroatoms. The predicted octanol–water partition coefficient (Wildman–Crippen LogP) is 1.99. The van der Waals surface area contributed by atoms with Gasteiger partial charge in [0.1, 0.15) is 5.56 Å². The number of nitrogens with zero attached hydrogens (tertiary/aromatic N) is 2. The van der Waals surface area contributed by atoms with Gasteiger partial charge in [-0.2, -0.15) is 0 Å². The van der Waals surface area contributed by atoms with E-state index in [2.05, 4.69) is 4.98 Å². The van der Waals surface area contributed by atoms with Gasteiger partial charge >= 0.3 is 5.97 Å². The van der Waals surface area contributed by atoms with E-state index >= 15 is 0 Å². The topological polar surface area (TPSA) is 87.6 Å². The zero-order valence-electron chi connectivity index (χ0n) is 11.5. The molecule has 1 saturated carbocycles. The van der Waals surface area contributed by atoms with E-state index in [1.807, 2.05) is 0 Å². The Bertz CT molecular complexity index is 600. The van der Waals surface area contributed by atoms with Crippen molar-refractivity contribution in [3.05, 3.63) is 23.9 Å². The summed E-state index contributed by atoms with van der Waals surface area (Å²) < 4.78 is 0. The lowest BCUT2D eigenvalue weighted by atomic mass is 9.76. The average molecular weight is 288 g/mol. The van der Waals surface area contributed by atoms with E-state index in [4.69, 9.17) is 0 Å². The molecule has 1 aliphatic heterocycles. The van der Waals surface area contributed by atoms with Crippen molar-refractivity contribution in [3.63, 3.8) is 0 Å². The SMILES string of the molecule is O=C(O)c1cccnc1N1C(=O)CC2(CCCC2)CC1=O. The van der Waals surface area contributed by atoms with Gasteiger partial charge in [-0.25, -0.2) is 14.7 Å². The summed E-state index contributed by atoms with van der Waals surface area (Å²) in [5.41, 5.74) is -0.329. The molecule has 3 rings (SSSR count). The van der Waals surface area contributed by atoms with Crippen LogP contribution in [0.4, 0.5) is 5.82 Å². The van der Waals surface area contributed by atoms with Gasteiger partial charge in [-0.15, -0.1) is 0 Å². The first-order valence-electron chi connectivity index (χ1n) is 7.07. The van der Waals surface area contributed by atoms with Crippen LogP contribution in [0.3, 0.4) is 0 Å². The second-order valence-electron chi connectivity index (χ2n) is 5.86. The first-order valence-corrected chi connectivity index (χ1v) is 7.07. The molecule has 21 heavy (non-hydrogen) atoms. The number of anilines is 1. The molecule has 2 amide bonds. The van der Waals surface area contributed by atoms with E-state index in [1.165, 1.54) is 18.3 Å². The molecule has 1 aromatic rings. The summed E-state index contributed by atoms with van der Waals surface area (Å²) in [6.07, 6.45) is 5.87. The number of aromatic nitrogens is 1. The number of carbonyl (C=O) groups is 3. The molecule has 2 fully saturated rings. The van der Waals surface area contributed by atoms with Crippen LogP contribution < -0.4 is 4.90 Å². The minimum atomic E-state index is -1.19. The summed E-state index contributed by atoms with van der Waals surface area (Å²) in [5, 5.41) is 9.18. The van der Waals surface area contributed by atoms with Crippen LogP contribution in [-0.4, -0.2) is 27.9 Å². The molecule has 0 aromatic carbocycles. The first kappa shape index (κ1) is 13.7. The highest BCUT2D eigenvalue weighted by atomic mass is 16.4. The number of rotatable bonds is 2. The molecule has 110 valence electrons. The Labute approximate surface area is 121 Å². The summed E-state index contributed by atoms with van der Waals surface area (Å²) in [7, 11) is 0. The number of imide groups is 1. The lowest BCUT2D eigenvalue weighted by Crippen LogP contribution is -2.48. The summed E-state index contributed by atoms with van der Waals surface area (Å²) in [6, 6.07) is 2.83. The van der Waals surface area contributed by atoms with Gasteiger partial charge in [0.2, 0.25) is 11.8 Å². The highest BCUT2D eigenvalue weighted by Gasteiger charge is 2.46. The van der Waals surface area contributed by atoms with Gasteiger partial charge in [0, 0.05) is 19.0 Å². The molecular formula is C15H16N2O4.